The monoisotopic (exact) mass is 488 g/mol. The SMILES string of the molecule is CCc1cccc(N2C(=S)NC(c3cccc(F)c3)C(c3nc(-c4cccc(F)c4)no3)=C2C)c1. The van der Waals surface area contributed by atoms with E-state index in [2.05, 4.69) is 34.5 Å². The second kappa shape index (κ2) is 9.38. The molecule has 1 aliphatic heterocycles. The number of nitrogens with one attached hydrogen (secondary N) is 1. The third kappa shape index (κ3) is 4.44. The fraction of sp³-hybridized carbons (Fsp3) is 0.148. The number of nitrogens with zero attached hydrogens (tertiary/aromatic N) is 3. The van der Waals surface area contributed by atoms with Crippen LogP contribution in [0.1, 0.15) is 36.9 Å². The molecule has 0 amide bonds. The molecule has 1 N–H and O–H groups in total. The van der Waals surface area contributed by atoms with Gasteiger partial charge in [-0.05, 0) is 73.1 Å². The number of halogens is 2. The maximum absolute atomic E-state index is 14.2. The Morgan fingerprint density at radius 2 is 1.74 bits per heavy atom. The molecule has 2 heterocycles. The van der Waals surface area contributed by atoms with Crippen molar-refractivity contribution in [3.8, 4) is 11.4 Å². The summed E-state index contributed by atoms with van der Waals surface area (Å²) in [5.41, 5.74) is 4.63. The number of aromatic nitrogens is 2. The number of hydrogen-bond acceptors (Lipinski definition) is 4. The van der Waals surface area contributed by atoms with Crippen molar-refractivity contribution in [1.29, 1.82) is 0 Å². The minimum atomic E-state index is -0.524. The van der Waals surface area contributed by atoms with Gasteiger partial charge in [0, 0.05) is 16.9 Å². The van der Waals surface area contributed by atoms with E-state index < -0.39 is 11.9 Å². The topological polar surface area (TPSA) is 54.2 Å². The number of rotatable bonds is 5. The lowest BCUT2D eigenvalue weighted by Gasteiger charge is -2.37. The highest BCUT2D eigenvalue weighted by atomic mass is 32.1. The Balaban J connectivity index is 1.67. The average Bonchev–Trinajstić information content (AvgIpc) is 3.34. The first-order valence-electron chi connectivity index (χ1n) is 11.2. The number of anilines is 1. The van der Waals surface area contributed by atoms with Crippen LogP contribution in [0.4, 0.5) is 14.5 Å². The van der Waals surface area contributed by atoms with Crippen LogP contribution in [-0.4, -0.2) is 15.3 Å². The van der Waals surface area contributed by atoms with E-state index in [4.69, 9.17) is 16.7 Å². The van der Waals surface area contributed by atoms with E-state index >= 15 is 0 Å². The van der Waals surface area contributed by atoms with Crippen molar-refractivity contribution in [2.24, 2.45) is 0 Å². The van der Waals surface area contributed by atoms with E-state index in [0.717, 1.165) is 23.4 Å². The molecule has 5 rings (SSSR count). The summed E-state index contributed by atoms with van der Waals surface area (Å²) >= 11 is 5.75. The fourth-order valence-electron chi connectivity index (χ4n) is 4.26. The third-order valence-electron chi connectivity index (χ3n) is 5.98. The Bertz CT molecular complexity index is 1450. The van der Waals surface area contributed by atoms with Gasteiger partial charge in [0.15, 0.2) is 5.11 Å². The standard InChI is InChI=1S/C27H22F2N4OS/c1-3-17-7-4-12-22(13-17)33-16(2)23(24(30-27(33)35)18-8-5-10-20(28)14-18)26-31-25(32-34-26)19-9-6-11-21(29)15-19/h4-15,24H,3H2,1-2H3,(H,30,35). The minimum absolute atomic E-state index is 0.239. The predicted octanol–water partition coefficient (Wildman–Crippen LogP) is 6.44. The van der Waals surface area contributed by atoms with Crippen molar-refractivity contribution in [3.05, 3.63) is 107 Å². The van der Waals surface area contributed by atoms with Crippen LogP contribution < -0.4 is 10.2 Å². The molecule has 0 saturated carbocycles. The molecular weight excluding hydrogens is 466 g/mol. The van der Waals surface area contributed by atoms with Crippen molar-refractivity contribution < 1.29 is 13.3 Å². The first-order valence-corrected chi connectivity index (χ1v) is 11.6. The van der Waals surface area contributed by atoms with Gasteiger partial charge in [0.2, 0.25) is 5.82 Å². The summed E-state index contributed by atoms with van der Waals surface area (Å²) in [6, 6.07) is 19.9. The Hall–Kier alpha value is -3.91. The van der Waals surface area contributed by atoms with Crippen LogP contribution in [0.5, 0.6) is 0 Å². The number of benzene rings is 3. The van der Waals surface area contributed by atoms with Gasteiger partial charge in [0.25, 0.3) is 5.89 Å². The molecule has 0 radical (unpaired) electrons. The van der Waals surface area contributed by atoms with Gasteiger partial charge in [-0.15, -0.1) is 0 Å². The molecule has 1 unspecified atom stereocenters. The van der Waals surface area contributed by atoms with Gasteiger partial charge in [-0.2, -0.15) is 4.98 Å². The van der Waals surface area contributed by atoms with Crippen LogP contribution in [0.3, 0.4) is 0 Å². The summed E-state index contributed by atoms with van der Waals surface area (Å²) in [7, 11) is 0. The molecule has 1 aromatic heterocycles. The van der Waals surface area contributed by atoms with Crippen LogP contribution in [-0.2, 0) is 6.42 Å². The van der Waals surface area contributed by atoms with Crippen LogP contribution in [0.2, 0.25) is 0 Å². The van der Waals surface area contributed by atoms with Gasteiger partial charge in [0.05, 0.1) is 11.6 Å². The lowest BCUT2D eigenvalue weighted by atomic mass is 9.94. The summed E-state index contributed by atoms with van der Waals surface area (Å²) in [6.45, 7) is 4.01. The summed E-state index contributed by atoms with van der Waals surface area (Å²) in [5.74, 6) is -0.266. The zero-order valence-corrected chi connectivity index (χ0v) is 19.9. The van der Waals surface area contributed by atoms with Gasteiger partial charge < -0.3 is 9.84 Å². The first kappa shape index (κ1) is 22.9. The Morgan fingerprint density at radius 3 is 2.49 bits per heavy atom. The Kier molecular flexibility index (Phi) is 6.13. The van der Waals surface area contributed by atoms with Crippen molar-refractivity contribution in [2.75, 3.05) is 4.90 Å². The average molecular weight is 489 g/mol. The van der Waals surface area contributed by atoms with Gasteiger partial charge in [-0.25, -0.2) is 8.78 Å². The number of aryl methyl sites for hydroxylation is 1. The molecule has 8 heteroatoms. The van der Waals surface area contributed by atoms with Crippen molar-refractivity contribution in [3.63, 3.8) is 0 Å². The fourth-order valence-corrected chi connectivity index (χ4v) is 4.62. The molecule has 1 aliphatic rings. The quantitative estimate of drug-likeness (QED) is 0.326. The highest BCUT2D eigenvalue weighted by molar-refractivity contribution is 7.80. The molecule has 0 aliphatic carbocycles. The van der Waals surface area contributed by atoms with Crippen molar-refractivity contribution in [1.82, 2.24) is 15.5 Å². The van der Waals surface area contributed by atoms with Gasteiger partial charge in [-0.1, -0.05) is 48.5 Å². The molecule has 1 atom stereocenters. The van der Waals surface area contributed by atoms with Gasteiger partial charge in [-0.3, -0.25) is 4.90 Å². The van der Waals surface area contributed by atoms with E-state index in [1.54, 1.807) is 18.2 Å². The molecule has 0 bridgehead atoms. The molecule has 4 aromatic rings. The number of thiocarbonyl (C=S) groups is 1. The molecule has 0 spiro atoms. The van der Waals surface area contributed by atoms with Gasteiger partial charge in [0.1, 0.15) is 11.6 Å². The van der Waals surface area contributed by atoms with E-state index in [-0.39, 0.29) is 17.5 Å². The molecular formula is C27H22F2N4OS. The minimum Gasteiger partial charge on any atom is -0.351 e. The smallest absolute Gasteiger partial charge is 0.258 e. The van der Waals surface area contributed by atoms with E-state index in [1.807, 2.05) is 30.0 Å². The highest BCUT2D eigenvalue weighted by Gasteiger charge is 2.35. The lowest BCUT2D eigenvalue weighted by molar-refractivity contribution is 0.404. The Morgan fingerprint density at radius 1 is 1.00 bits per heavy atom. The van der Waals surface area contributed by atoms with Crippen LogP contribution >= 0.6 is 12.2 Å². The molecule has 176 valence electrons. The largest absolute Gasteiger partial charge is 0.351 e. The van der Waals surface area contributed by atoms with Crippen LogP contribution in [0, 0.1) is 11.6 Å². The second-order valence-corrected chi connectivity index (χ2v) is 8.62. The molecule has 35 heavy (non-hydrogen) atoms. The highest BCUT2D eigenvalue weighted by Crippen LogP contribution is 2.39. The normalized spacial score (nSPS) is 15.9. The molecule has 0 fully saturated rings. The summed E-state index contributed by atoms with van der Waals surface area (Å²) < 4.78 is 33.6. The molecule has 5 nitrogen and oxygen atoms in total. The van der Waals surface area contributed by atoms with Gasteiger partial charge >= 0.3 is 0 Å². The summed E-state index contributed by atoms with van der Waals surface area (Å²) in [5, 5.41) is 7.89. The maximum Gasteiger partial charge on any atom is 0.258 e. The number of hydrogen-bond donors (Lipinski definition) is 1. The zero-order chi connectivity index (χ0) is 24.5. The van der Waals surface area contributed by atoms with E-state index in [9.17, 15) is 8.78 Å². The molecule has 3 aromatic carbocycles. The van der Waals surface area contributed by atoms with E-state index in [1.165, 1.54) is 24.3 Å². The lowest BCUT2D eigenvalue weighted by Crippen LogP contribution is -2.46. The third-order valence-corrected chi connectivity index (χ3v) is 6.28. The summed E-state index contributed by atoms with van der Waals surface area (Å²) in [6.07, 6.45) is 0.879. The number of allylic oxidation sites excluding steroid dienone is 1. The predicted molar refractivity (Wildman–Crippen MR) is 135 cm³/mol. The molecule has 0 saturated heterocycles. The van der Waals surface area contributed by atoms with Crippen molar-refractivity contribution in [2.45, 2.75) is 26.3 Å². The first-order chi connectivity index (χ1) is 16.9. The van der Waals surface area contributed by atoms with Crippen LogP contribution in [0.15, 0.2) is 83.0 Å². The van der Waals surface area contributed by atoms with Crippen LogP contribution in [0.25, 0.3) is 17.0 Å². The maximum atomic E-state index is 14.2. The van der Waals surface area contributed by atoms with E-state index in [0.29, 0.717) is 21.8 Å². The zero-order valence-electron chi connectivity index (χ0n) is 19.1. The van der Waals surface area contributed by atoms with Crippen molar-refractivity contribution >= 4 is 28.6 Å². The summed E-state index contributed by atoms with van der Waals surface area (Å²) in [4.78, 5) is 6.48. The second-order valence-electron chi connectivity index (χ2n) is 8.23. The Labute approximate surface area is 207 Å².